The quantitative estimate of drug-likeness (QED) is 0.608. The Morgan fingerprint density at radius 1 is 1.57 bits per heavy atom. The van der Waals surface area contributed by atoms with Gasteiger partial charge in [0.05, 0.1) is 0 Å². The number of nitrogen functional groups attached to an aromatic ring is 1. The first kappa shape index (κ1) is 11.0. The van der Waals surface area contributed by atoms with Crippen LogP contribution in [0.25, 0.3) is 0 Å². The van der Waals surface area contributed by atoms with Crippen molar-refractivity contribution >= 4 is 22.9 Å². The molecule has 0 unspecified atom stereocenters. The lowest BCUT2D eigenvalue weighted by atomic mass is 10.3. The standard InChI is InChI=1S/C9H15N3OS/c10-7-3-5-14-8(7)6-12-4-1-2-9(11)13/h3,5,12H,1-2,4,6,10H2,(H2,11,13). The average Bonchev–Trinajstić information content (AvgIpc) is 2.51. The van der Waals surface area contributed by atoms with E-state index in [1.54, 1.807) is 11.3 Å². The molecule has 78 valence electrons. The molecule has 5 heteroatoms. The summed E-state index contributed by atoms with van der Waals surface area (Å²) < 4.78 is 0. The topological polar surface area (TPSA) is 81.1 Å². The fraction of sp³-hybridized carbons (Fsp3) is 0.444. The largest absolute Gasteiger partial charge is 0.398 e. The summed E-state index contributed by atoms with van der Waals surface area (Å²) in [4.78, 5) is 11.6. The van der Waals surface area contributed by atoms with Crippen molar-refractivity contribution in [3.05, 3.63) is 16.3 Å². The maximum atomic E-state index is 10.4. The van der Waals surface area contributed by atoms with Crippen LogP contribution in [0.2, 0.25) is 0 Å². The minimum absolute atomic E-state index is 0.248. The van der Waals surface area contributed by atoms with E-state index in [0.29, 0.717) is 6.42 Å². The Morgan fingerprint density at radius 2 is 2.36 bits per heavy atom. The molecule has 0 bridgehead atoms. The molecule has 1 rings (SSSR count). The summed E-state index contributed by atoms with van der Waals surface area (Å²) in [5.74, 6) is -0.248. The van der Waals surface area contributed by atoms with Gasteiger partial charge in [0.2, 0.25) is 5.91 Å². The molecule has 0 spiro atoms. The van der Waals surface area contributed by atoms with Crippen LogP contribution in [0.5, 0.6) is 0 Å². The van der Waals surface area contributed by atoms with Crippen LogP contribution < -0.4 is 16.8 Å². The Morgan fingerprint density at radius 3 is 2.93 bits per heavy atom. The third-order valence-corrected chi connectivity index (χ3v) is 2.78. The molecule has 1 amide bonds. The average molecular weight is 213 g/mol. The van der Waals surface area contributed by atoms with Gasteiger partial charge in [-0.15, -0.1) is 11.3 Å². The maximum absolute atomic E-state index is 10.4. The van der Waals surface area contributed by atoms with E-state index in [0.717, 1.165) is 30.1 Å². The summed E-state index contributed by atoms with van der Waals surface area (Å²) >= 11 is 1.63. The van der Waals surface area contributed by atoms with Crippen molar-refractivity contribution < 1.29 is 4.79 Å². The highest BCUT2D eigenvalue weighted by atomic mass is 32.1. The molecule has 0 radical (unpaired) electrons. The Bertz CT molecular complexity index is 298. The van der Waals surface area contributed by atoms with Crippen LogP contribution >= 0.6 is 11.3 Å². The van der Waals surface area contributed by atoms with Crippen molar-refractivity contribution in [1.29, 1.82) is 0 Å². The summed E-state index contributed by atoms with van der Waals surface area (Å²) in [5, 5.41) is 5.17. The first-order valence-corrected chi connectivity index (χ1v) is 5.39. The molecule has 0 aliphatic rings. The predicted molar refractivity (Wildman–Crippen MR) is 58.9 cm³/mol. The summed E-state index contributed by atoms with van der Waals surface area (Å²) in [6.45, 7) is 1.56. The zero-order valence-corrected chi connectivity index (χ0v) is 8.77. The molecular formula is C9H15N3OS. The zero-order chi connectivity index (χ0) is 10.4. The third-order valence-electron chi connectivity index (χ3n) is 1.84. The van der Waals surface area contributed by atoms with E-state index in [1.165, 1.54) is 0 Å². The Hall–Kier alpha value is -1.07. The second-order valence-corrected chi connectivity index (χ2v) is 4.05. The smallest absolute Gasteiger partial charge is 0.217 e. The first-order valence-electron chi connectivity index (χ1n) is 4.51. The van der Waals surface area contributed by atoms with Gasteiger partial charge in [0.25, 0.3) is 0 Å². The first-order chi connectivity index (χ1) is 6.70. The van der Waals surface area contributed by atoms with E-state index in [-0.39, 0.29) is 5.91 Å². The van der Waals surface area contributed by atoms with Crippen LogP contribution in [-0.2, 0) is 11.3 Å². The summed E-state index contributed by atoms with van der Waals surface area (Å²) in [6, 6.07) is 1.89. The molecule has 14 heavy (non-hydrogen) atoms. The van der Waals surface area contributed by atoms with E-state index >= 15 is 0 Å². The Balaban J connectivity index is 2.10. The minimum atomic E-state index is -0.248. The number of carbonyl (C=O) groups excluding carboxylic acids is 1. The molecule has 0 aliphatic heterocycles. The molecule has 0 fully saturated rings. The van der Waals surface area contributed by atoms with Gasteiger partial charge in [-0.1, -0.05) is 0 Å². The fourth-order valence-electron chi connectivity index (χ4n) is 1.08. The lowest BCUT2D eigenvalue weighted by molar-refractivity contribution is -0.118. The van der Waals surface area contributed by atoms with E-state index < -0.39 is 0 Å². The molecule has 0 aromatic carbocycles. The van der Waals surface area contributed by atoms with Crippen molar-refractivity contribution in [3.63, 3.8) is 0 Å². The molecule has 0 atom stereocenters. The second kappa shape index (κ2) is 5.62. The van der Waals surface area contributed by atoms with Gasteiger partial charge in [0, 0.05) is 23.5 Å². The predicted octanol–water partition coefficient (Wildman–Crippen LogP) is 0.685. The molecule has 0 saturated carbocycles. The maximum Gasteiger partial charge on any atom is 0.217 e. The molecule has 0 aliphatic carbocycles. The number of primary amides is 1. The SMILES string of the molecule is NC(=O)CCCNCc1sccc1N. The number of carbonyl (C=O) groups is 1. The summed E-state index contributed by atoms with van der Waals surface area (Å²) in [6.07, 6.45) is 1.22. The van der Waals surface area contributed by atoms with Crippen LogP contribution in [0, 0.1) is 0 Å². The van der Waals surface area contributed by atoms with Crippen LogP contribution in [0.15, 0.2) is 11.4 Å². The number of rotatable bonds is 6. The van der Waals surface area contributed by atoms with Gasteiger partial charge in [-0.25, -0.2) is 0 Å². The third kappa shape index (κ3) is 3.76. The molecule has 0 saturated heterocycles. The van der Waals surface area contributed by atoms with Crippen molar-refractivity contribution in [3.8, 4) is 0 Å². The van der Waals surface area contributed by atoms with Gasteiger partial charge in [-0.3, -0.25) is 4.79 Å². The van der Waals surface area contributed by atoms with Crippen molar-refractivity contribution in [2.45, 2.75) is 19.4 Å². The van der Waals surface area contributed by atoms with Crippen LogP contribution in [0.1, 0.15) is 17.7 Å². The van der Waals surface area contributed by atoms with Crippen molar-refractivity contribution in [2.75, 3.05) is 12.3 Å². The van der Waals surface area contributed by atoms with Crippen LogP contribution in [-0.4, -0.2) is 12.5 Å². The Labute approximate surface area is 87.3 Å². The monoisotopic (exact) mass is 213 g/mol. The van der Waals surface area contributed by atoms with Crippen LogP contribution in [0.3, 0.4) is 0 Å². The molecule has 1 heterocycles. The van der Waals surface area contributed by atoms with Gasteiger partial charge in [-0.2, -0.15) is 0 Å². The van der Waals surface area contributed by atoms with E-state index in [9.17, 15) is 4.79 Å². The molecule has 4 nitrogen and oxygen atoms in total. The number of thiophene rings is 1. The second-order valence-electron chi connectivity index (χ2n) is 3.05. The van der Waals surface area contributed by atoms with Gasteiger partial charge in [0.1, 0.15) is 0 Å². The van der Waals surface area contributed by atoms with Gasteiger partial charge in [-0.05, 0) is 24.4 Å². The minimum Gasteiger partial charge on any atom is -0.398 e. The van der Waals surface area contributed by atoms with Crippen LogP contribution in [0.4, 0.5) is 5.69 Å². The number of hydrogen-bond donors (Lipinski definition) is 3. The molecule has 1 aromatic rings. The van der Waals surface area contributed by atoms with Gasteiger partial charge in [0.15, 0.2) is 0 Å². The fourth-order valence-corrected chi connectivity index (χ4v) is 1.85. The van der Waals surface area contributed by atoms with Gasteiger partial charge >= 0.3 is 0 Å². The van der Waals surface area contributed by atoms with Crippen molar-refractivity contribution in [2.24, 2.45) is 5.73 Å². The van der Waals surface area contributed by atoms with Crippen molar-refractivity contribution in [1.82, 2.24) is 5.32 Å². The van der Waals surface area contributed by atoms with E-state index in [2.05, 4.69) is 5.32 Å². The number of nitrogens with one attached hydrogen (secondary N) is 1. The highest BCUT2D eigenvalue weighted by molar-refractivity contribution is 7.10. The summed E-state index contributed by atoms with van der Waals surface area (Å²) in [5.41, 5.74) is 11.5. The highest BCUT2D eigenvalue weighted by Crippen LogP contribution is 2.17. The number of hydrogen-bond acceptors (Lipinski definition) is 4. The summed E-state index contributed by atoms with van der Waals surface area (Å²) in [7, 11) is 0. The number of anilines is 1. The lowest BCUT2D eigenvalue weighted by Crippen LogP contribution is -2.18. The van der Waals surface area contributed by atoms with E-state index in [1.807, 2.05) is 11.4 Å². The molecule has 5 N–H and O–H groups in total. The highest BCUT2D eigenvalue weighted by Gasteiger charge is 1.99. The zero-order valence-electron chi connectivity index (χ0n) is 7.95. The Kier molecular flexibility index (Phi) is 4.42. The molecule has 1 aromatic heterocycles. The molecular weight excluding hydrogens is 198 g/mol. The number of nitrogens with two attached hydrogens (primary N) is 2. The number of amides is 1. The van der Waals surface area contributed by atoms with Gasteiger partial charge < -0.3 is 16.8 Å². The normalized spacial score (nSPS) is 10.3. The lowest BCUT2D eigenvalue weighted by Gasteiger charge is -2.02. The van der Waals surface area contributed by atoms with E-state index in [4.69, 9.17) is 11.5 Å².